The van der Waals surface area contributed by atoms with Crippen LogP contribution in [0.3, 0.4) is 0 Å². The van der Waals surface area contributed by atoms with Gasteiger partial charge in [-0.15, -0.1) is 0 Å². The fraction of sp³-hybridized carbons (Fsp3) is 0.929. The van der Waals surface area contributed by atoms with Crippen LogP contribution in [0.25, 0.3) is 0 Å². The van der Waals surface area contributed by atoms with Crippen LogP contribution in [-0.4, -0.2) is 43.2 Å². The molecule has 0 heterocycles. The molecule has 1 saturated carbocycles. The number of hydrogen-bond acceptors (Lipinski definition) is 3. The molecule has 4 heteroatoms. The Labute approximate surface area is 111 Å². The predicted octanol–water partition coefficient (Wildman–Crippen LogP) is 1.63. The number of likely N-dealkylation sites (N-methyl/N-ethyl adjacent to an activating group) is 1. The van der Waals surface area contributed by atoms with Gasteiger partial charge in [-0.05, 0) is 32.6 Å². The van der Waals surface area contributed by atoms with Gasteiger partial charge in [0.2, 0.25) is 5.91 Å². The fourth-order valence-corrected chi connectivity index (χ4v) is 2.96. The van der Waals surface area contributed by atoms with Gasteiger partial charge in [0.25, 0.3) is 0 Å². The summed E-state index contributed by atoms with van der Waals surface area (Å²) in [5.41, 5.74) is 6.21. The SMILES string of the molecule is CCN(C(=O)C1CCCC(C)C1N)C(C)COC. The Balaban J connectivity index is 2.70. The molecular formula is C14H28N2O2. The normalized spacial score (nSPS) is 29.9. The van der Waals surface area contributed by atoms with Crippen LogP contribution < -0.4 is 5.73 Å². The van der Waals surface area contributed by atoms with Gasteiger partial charge in [0, 0.05) is 19.7 Å². The summed E-state index contributed by atoms with van der Waals surface area (Å²) in [5, 5.41) is 0. The predicted molar refractivity (Wildman–Crippen MR) is 73.2 cm³/mol. The first-order valence-electron chi connectivity index (χ1n) is 7.07. The van der Waals surface area contributed by atoms with Crippen LogP contribution in [0.15, 0.2) is 0 Å². The van der Waals surface area contributed by atoms with Gasteiger partial charge < -0.3 is 15.4 Å². The number of ether oxygens (including phenoxy) is 1. The third kappa shape index (κ3) is 3.45. The van der Waals surface area contributed by atoms with Crippen molar-refractivity contribution in [3.63, 3.8) is 0 Å². The Morgan fingerprint density at radius 1 is 1.50 bits per heavy atom. The average molecular weight is 256 g/mol. The molecule has 0 saturated heterocycles. The first kappa shape index (κ1) is 15.4. The molecule has 4 unspecified atom stereocenters. The zero-order valence-corrected chi connectivity index (χ0v) is 12.2. The summed E-state index contributed by atoms with van der Waals surface area (Å²) < 4.78 is 5.15. The molecule has 4 atom stereocenters. The maximum atomic E-state index is 12.6. The van der Waals surface area contributed by atoms with Crippen molar-refractivity contribution in [2.75, 3.05) is 20.3 Å². The smallest absolute Gasteiger partial charge is 0.227 e. The largest absolute Gasteiger partial charge is 0.383 e. The van der Waals surface area contributed by atoms with E-state index in [0.717, 1.165) is 25.8 Å². The van der Waals surface area contributed by atoms with E-state index in [0.29, 0.717) is 12.5 Å². The van der Waals surface area contributed by atoms with Crippen molar-refractivity contribution in [1.29, 1.82) is 0 Å². The third-order valence-electron chi connectivity index (χ3n) is 4.18. The summed E-state index contributed by atoms with van der Waals surface area (Å²) >= 11 is 0. The molecular weight excluding hydrogens is 228 g/mol. The fourth-order valence-electron chi connectivity index (χ4n) is 2.96. The summed E-state index contributed by atoms with van der Waals surface area (Å²) in [5.74, 6) is 0.651. The van der Waals surface area contributed by atoms with E-state index in [2.05, 4.69) is 6.92 Å². The maximum Gasteiger partial charge on any atom is 0.227 e. The quantitative estimate of drug-likeness (QED) is 0.813. The lowest BCUT2D eigenvalue weighted by atomic mass is 9.77. The van der Waals surface area contributed by atoms with Crippen LogP contribution in [-0.2, 0) is 9.53 Å². The van der Waals surface area contributed by atoms with E-state index in [-0.39, 0.29) is 23.9 Å². The second-order valence-electron chi connectivity index (χ2n) is 5.52. The summed E-state index contributed by atoms with van der Waals surface area (Å²) in [6, 6.07) is 0.131. The van der Waals surface area contributed by atoms with Crippen molar-refractivity contribution in [2.45, 2.75) is 52.1 Å². The molecule has 0 aliphatic heterocycles. The summed E-state index contributed by atoms with van der Waals surface area (Å²) in [7, 11) is 1.67. The first-order chi connectivity index (χ1) is 8.52. The minimum Gasteiger partial charge on any atom is -0.383 e. The van der Waals surface area contributed by atoms with E-state index in [4.69, 9.17) is 10.5 Å². The van der Waals surface area contributed by atoms with Gasteiger partial charge in [0.05, 0.1) is 18.6 Å². The molecule has 1 amide bonds. The molecule has 0 bridgehead atoms. The van der Waals surface area contributed by atoms with E-state index >= 15 is 0 Å². The molecule has 0 aromatic carbocycles. The van der Waals surface area contributed by atoms with Crippen LogP contribution in [0.2, 0.25) is 0 Å². The van der Waals surface area contributed by atoms with Crippen LogP contribution >= 0.6 is 0 Å². The number of nitrogens with two attached hydrogens (primary N) is 1. The zero-order valence-electron chi connectivity index (χ0n) is 12.2. The molecule has 0 radical (unpaired) electrons. The lowest BCUT2D eigenvalue weighted by molar-refractivity contribution is -0.140. The number of amides is 1. The van der Waals surface area contributed by atoms with Gasteiger partial charge in [-0.2, -0.15) is 0 Å². The number of methoxy groups -OCH3 is 1. The number of nitrogens with zero attached hydrogens (tertiary/aromatic N) is 1. The monoisotopic (exact) mass is 256 g/mol. The molecule has 0 aromatic rings. The van der Waals surface area contributed by atoms with Crippen LogP contribution in [0.1, 0.15) is 40.0 Å². The van der Waals surface area contributed by atoms with E-state index < -0.39 is 0 Å². The Morgan fingerprint density at radius 3 is 2.72 bits per heavy atom. The van der Waals surface area contributed by atoms with Gasteiger partial charge >= 0.3 is 0 Å². The van der Waals surface area contributed by atoms with E-state index in [9.17, 15) is 4.79 Å². The highest BCUT2D eigenvalue weighted by molar-refractivity contribution is 5.80. The number of carbonyl (C=O) groups excluding carboxylic acids is 1. The highest BCUT2D eigenvalue weighted by atomic mass is 16.5. The molecule has 106 valence electrons. The number of hydrogen-bond donors (Lipinski definition) is 1. The first-order valence-corrected chi connectivity index (χ1v) is 7.07. The van der Waals surface area contributed by atoms with E-state index in [1.165, 1.54) is 0 Å². The van der Waals surface area contributed by atoms with Gasteiger partial charge in [0.15, 0.2) is 0 Å². The molecule has 2 N–H and O–H groups in total. The Bertz CT molecular complexity index is 271. The minimum atomic E-state index is -0.00648. The van der Waals surface area contributed by atoms with E-state index in [1.54, 1.807) is 7.11 Å². The van der Waals surface area contributed by atoms with Gasteiger partial charge in [-0.3, -0.25) is 4.79 Å². The molecule has 18 heavy (non-hydrogen) atoms. The molecule has 0 spiro atoms. The van der Waals surface area contributed by atoms with Crippen molar-refractivity contribution >= 4 is 5.91 Å². The number of rotatable bonds is 5. The second kappa shape index (κ2) is 7.10. The van der Waals surface area contributed by atoms with Crippen LogP contribution in [0.4, 0.5) is 0 Å². The molecule has 1 aliphatic rings. The van der Waals surface area contributed by atoms with Crippen LogP contribution in [0.5, 0.6) is 0 Å². The molecule has 1 aliphatic carbocycles. The Morgan fingerprint density at radius 2 is 2.17 bits per heavy atom. The lowest BCUT2D eigenvalue weighted by Crippen LogP contribution is -2.51. The number of carbonyl (C=O) groups is 1. The maximum absolute atomic E-state index is 12.6. The van der Waals surface area contributed by atoms with E-state index in [1.807, 2.05) is 18.7 Å². The van der Waals surface area contributed by atoms with Gasteiger partial charge in [-0.1, -0.05) is 13.3 Å². The second-order valence-corrected chi connectivity index (χ2v) is 5.52. The molecule has 4 nitrogen and oxygen atoms in total. The summed E-state index contributed by atoms with van der Waals surface area (Å²) in [6.45, 7) is 7.50. The minimum absolute atomic E-state index is 0.00648. The van der Waals surface area contributed by atoms with Crippen molar-refractivity contribution < 1.29 is 9.53 Å². The topological polar surface area (TPSA) is 55.6 Å². The highest BCUT2D eigenvalue weighted by Crippen LogP contribution is 2.29. The summed E-state index contributed by atoms with van der Waals surface area (Å²) in [6.07, 6.45) is 3.19. The van der Waals surface area contributed by atoms with Gasteiger partial charge in [0.1, 0.15) is 0 Å². The summed E-state index contributed by atoms with van der Waals surface area (Å²) in [4.78, 5) is 14.5. The molecule has 1 rings (SSSR count). The Kier molecular flexibility index (Phi) is 6.09. The van der Waals surface area contributed by atoms with Crippen molar-refractivity contribution in [2.24, 2.45) is 17.6 Å². The van der Waals surface area contributed by atoms with Crippen LogP contribution in [0, 0.1) is 11.8 Å². The Hall–Kier alpha value is -0.610. The highest BCUT2D eigenvalue weighted by Gasteiger charge is 2.35. The average Bonchev–Trinajstić information content (AvgIpc) is 2.33. The third-order valence-corrected chi connectivity index (χ3v) is 4.18. The van der Waals surface area contributed by atoms with Crippen molar-refractivity contribution in [3.05, 3.63) is 0 Å². The molecule has 0 aromatic heterocycles. The van der Waals surface area contributed by atoms with Crippen molar-refractivity contribution in [1.82, 2.24) is 4.90 Å². The lowest BCUT2D eigenvalue weighted by Gasteiger charge is -2.38. The standard InChI is InChI=1S/C14H28N2O2/c1-5-16(11(3)9-18-4)14(17)12-8-6-7-10(2)13(12)15/h10-13H,5-9,15H2,1-4H3. The van der Waals surface area contributed by atoms with Gasteiger partial charge in [-0.25, -0.2) is 0 Å². The van der Waals surface area contributed by atoms with Crippen molar-refractivity contribution in [3.8, 4) is 0 Å². The zero-order chi connectivity index (χ0) is 13.7. The molecule has 1 fully saturated rings.